The molecule has 12 nitrogen and oxygen atoms in total. The van der Waals surface area contributed by atoms with Crippen LogP contribution < -0.4 is 14.8 Å². The summed E-state index contributed by atoms with van der Waals surface area (Å²) in [5.41, 5.74) is 0.320. The molecule has 4 atom stereocenters. The minimum Gasteiger partial charge on any atom is -0.497 e. The number of anilines is 1. The summed E-state index contributed by atoms with van der Waals surface area (Å²) in [7, 11) is 3.31. The van der Waals surface area contributed by atoms with E-state index in [1.165, 1.54) is 25.6 Å². The van der Waals surface area contributed by atoms with Crippen molar-refractivity contribution in [2.45, 2.75) is 67.3 Å². The molecule has 2 saturated heterocycles. The lowest BCUT2D eigenvalue weighted by atomic mass is 9.80. The maximum atomic E-state index is 13.1. The number of ether oxygens (including phenoxy) is 4. The van der Waals surface area contributed by atoms with Gasteiger partial charge in [-0.05, 0) is 77.7 Å². The van der Waals surface area contributed by atoms with Crippen LogP contribution in [0.3, 0.4) is 0 Å². The number of carbonyl (C=O) groups excluding carboxylic acids is 1. The highest BCUT2D eigenvalue weighted by Gasteiger charge is 2.50. The third-order valence-corrected chi connectivity index (χ3v) is 17.3. The number of nitrogens with zero attached hydrogens (tertiary/aromatic N) is 4. The second-order valence-corrected chi connectivity index (χ2v) is 21.8. The number of methoxy groups -OCH3 is 2. The van der Waals surface area contributed by atoms with Gasteiger partial charge in [0.2, 0.25) is 5.69 Å². The van der Waals surface area contributed by atoms with Crippen LogP contribution in [0.2, 0.25) is 0 Å². The third kappa shape index (κ3) is 8.10. The Labute approximate surface area is 358 Å². The Morgan fingerprint density at radius 3 is 2.15 bits per heavy atom. The van der Waals surface area contributed by atoms with Gasteiger partial charge in [-0.2, -0.15) is 0 Å². The van der Waals surface area contributed by atoms with Gasteiger partial charge in [0.15, 0.2) is 17.0 Å². The largest absolute Gasteiger partial charge is 0.497 e. The molecule has 15 heteroatoms. The molecule has 60 heavy (non-hydrogen) atoms. The van der Waals surface area contributed by atoms with Crippen molar-refractivity contribution in [1.29, 1.82) is 0 Å². The molecule has 0 radical (unpaired) electrons. The van der Waals surface area contributed by atoms with Crippen molar-refractivity contribution in [3.05, 3.63) is 144 Å². The number of amides is 1. The molecular formula is C45H46N5O7PS2. The number of hydrogen-bond acceptors (Lipinski definition) is 12. The minimum absolute atomic E-state index is 0.0120. The fourth-order valence-electron chi connectivity index (χ4n) is 8.47. The van der Waals surface area contributed by atoms with Gasteiger partial charge in [0.25, 0.3) is 5.91 Å². The summed E-state index contributed by atoms with van der Waals surface area (Å²) in [6.07, 6.45) is 7.57. The summed E-state index contributed by atoms with van der Waals surface area (Å²) >= 11 is 8.02. The van der Waals surface area contributed by atoms with E-state index in [1.54, 1.807) is 44.1 Å². The summed E-state index contributed by atoms with van der Waals surface area (Å²) < 4.78 is 40.8. The first kappa shape index (κ1) is 40.7. The molecule has 2 aromatic heterocycles. The molecule has 1 aliphatic carbocycles. The number of aromatic nitrogens is 4. The Morgan fingerprint density at radius 1 is 0.867 bits per heavy atom. The second kappa shape index (κ2) is 17.4. The topological polar surface area (TPSA) is 128 Å². The molecule has 6 aromatic rings. The molecule has 1 N–H and O–H groups in total. The van der Waals surface area contributed by atoms with E-state index < -0.39 is 29.7 Å². The zero-order valence-corrected chi connectivity index (χ0v) is 35.9. The summed E-state index contributed by atoms with van der Waals surface area (Å²) in [5.74, 6) is 1.46. The minimum atomic E-state index is -2.76. The molecule has 0 bridgehead atoms. The molecule has 3 fully saturated rings. The van der Waals surface area contributed by atoms with E-state index in [0.29, 0.717) is 35.6 Å². The van der Waals surface area contributed by atoms with Gasteiger partial charge in [0.05, 0.1) is 39.9 Å². The number of fused-ring (bicyclic) bond motifs is 1. The molecule has 2 aliphatic heterocycles. The van der Waals surface area contributed by atoms with E-state index in [9.17, 15) is 4.79 Å². The highest BCUT2D eigenvalue weighted by Crippen LogP contribution is 2.74. The molecule has 4 heterocycles. The zero-order valence-electron chi connectivity index (χ0n) is 33.3. The predicted molar refractivity (Wildman–Crippen MR) is 235 cm³/mol. The van der Waals surface area contributed by atoms with E-state index >= 15 is 0 Å². The van der Waals surface area contributed by atoms with Gasteiger partial charge >= 0.3 is 0 Å². The number of hydrogen-bond donors (Lipinski definition) is 1. The molecule has 3 aliphatic rings. The lowest BCUT2D eigenvalue weighted by Crippen LogP contribution is -2.38. The standard InChI is InChI=1S/C45H46N5O7PS2/c1-52-35-20-16-33(17-21-35)45(32-14-8-4-9-15-32,34-18-22-36(53-2)23-19-34)54-27-38-37(57-58(59)55-28-44(60-58)24-10-5-11-25-44)26-39(56-38)50-30-48-40-41(46-29-47-42(40)50)49-43(51)31-12-6-3-7-13-31/h3-4,6-9,12-23,29-30,37-39H,5,10-11,24-28H2,1-2H3,(H,46,47,49,51)/t37-,38+,39+,58+/m0/s1. The van der Waals surface area contributed by atoms with Gasteiger partial charge < -0.3 is 33.3 Å². The van der Waals surface area contributed by atoms with Crippen molar-refractivity contribution in [2.24, 2.45) is 0 Å². The van der Waals surface area contributed by atoms with Gasteiger partial charge in [0, 0.05) is 16.7 Å². The van der Waals surface area contributed by atoms with Crippen LogP contribution in [0, 0.1) is 0 Å². The maximum Gasteiger partial charge on any atom is 0.256 e. The van der Waals surface area contributed by atoms with Crippen LogP contribution in [0.5, 0.6) is 11.5 Å². The summed E-state index contributed by atoms with van der Waals surface area (Å²) in [4.78, 5) is 26.8. The first-order valence-electron chi connectivity index (χ1n) is 20.1. The van der Waals surface area contributed by atoms with Gasteiger partial charge in [-0.3, -0.25) is 9.36 Å². The van der Waals surface area contributed by atoms with E-state index in [2.05, 4.69) is 32.4 Å². The Bertz CT molecular complexity index is 2420. The maximum absolute atomic E-state index is 13.1. The molecule has 4 aromatic carbocycles. The second-order valence-electron chi connectivity index (χ2n) is 15.2. The molecule has 9 rings (SSSR count). The van der Waals surface area contributed by atoms with E-state index in [1.807, 2.05) is 89.5 Å². The van der Waals surface area contributed by atoms with Gasteiger partial charge in [-0.15, -0.1) is 0 Å². The normalized spacial score (nSPS) is 22.5. The molecule has 0 unspecified atom stereocenters. The summed E-state index contributed by atoms with van der Waals surface area (Å²) in [5, 5.41) is 2.91. The van der Waals surface area contributed by atoms with E-state index in [-0.39, 0.29) is 17.3 Å². The van der Waals surface area contributed by atoms with Crippen LogP contribution in [0.1, 0.15) is 71.8 Å². The number of imidazole rings is 1. The van der Waals surface area contributed by atoms with Crippen LogP contribution in [-0.4, -0.2) is 69.8 Å². The molecular weight excluding hydrogens is 818 g/mol. The smallest absolute Gasteiger partial charge is 0.256 e. The molecule has 310 valence electrons. The van der Waals surface area contributed by atoms with Crippen molar-refractivity contribution in [2.75, 3.05) is 32.8 Å². The first-order valence-corrected chi connectivity index (χ1v) is 24.2. The van der Waals surface area contributed by atoms with Crippen molar-refractivity contribution in [1.82, 2.24) is 19.5 Å². The quantitative estimate of drug-likeness (QED) is 0.0878. The molecule has 1 spiro atoms. The Hall–Kier alpha value is -4.66. The fraction of sp³-hybridized carbons (Fsp3) is 0.333. The number of benzene rings is 4. The Kier molecular flexibility index (Phi) is 11.8. The summed E-state index contributed by atoms with van der Waals surface area (Å²) in [6.45, 7) is 0.721. The zero-order chi connectivity index (χ0) is 41.2. The van der Waals surface area contributed by atoms with Crippen LogP contribution >= 0.6 is 17.1 Å². The van der Waals surface area contributed by atoms with Crippen molar-refractivity contribution in [3.63, 3.8) is 0 Å². The van der Waals surface area contributed by atoms with Crippen molar-refractivity contribution >= 4 is 51.8 Å². The number of rotatable bonds is 13. The Morgan fingerprint density at radius 2 is 1.50 bits per heavy atom. The number of nitrogens with one attached hydrogen (secondary N) is 1. The molecule has 1 saturated carbocycles. The molecule has 1 amide bonds. The first-order chi connectivity index (χ1) is 29.3. The van der Waals surface area contributed by atoms with Gasteiger partial charge in [-0.25, -0.2) is 15.0 Å². The van der Waals surface area contributed by atoms with Crippen molar-refractivity contribution < 1.29 is 32.8 Å². The van der Waals surface area contributed by atoms with E-state index in [4.69, 9.17) is 39.8 Å². The third-order valence-electron chi connectivity index (χ3n) is 11.6. The fourth-order valence-corrected chi connectivity index (χ4v) is 15.6. The van der Waals surface area contributed by atoms with Crippen LogP contribution in [-0.2, 0) is 35.9 Å². The Balaban J connectivity index is 1.07. The average molecular weight is 864 g/mol. The average Bonchev–Trinajstić information content (AvgIpc) is 4.00. The van der Waals surface area contributed by atoms with Crippen LogP contribution in [0.15, 0.2) is 122 Å². The number of carbonyl (C=O) groups is 1. The highest BCUT2D eigenvalue weighted by atomic mass is 32.9. The SMILES string of the molecule is COc1ccc(C(OC[C@H]2O[C@@H](n3cnc4c(NC(=O)c5ccccc5)ncnc43)C[C@@H]2O[P@@]2(=S)OCC3(CCCCC3)S2)(c2ccccc2)c2ccc(OC)cc2)cc1. The van der Waals surface area contributed by atoms with Crippen LogP contribution in [0.4, 0.5) is 5.82 Å². The monoisotopic (exact) mass is 863 g/mol. The lowest BCUT2D eigenvalue weighted by Gasteiger charge is -2.37. The van der Waals surface area contributed by atoms with Crippen LogP contribution in [0.25, 0.3) is 11.2 Å². The lowest BCUT2D eigenvalue weighted by molar-refractivity contribution is -0.0900. The predicted octanol–water partition coefficient (Wildman–Crippen LogP) is 9.47. The van der Waals surface area contributed by atoms with Gasteiger partial charge in [0.1, 0.15) is 35.8 Å². The van der Waals surface area contributed by atoms with E-state index in [0.717, 1.165) is 41.0 Å². The summed E-state index contributed by atoms with van der Waals surface area (Å²) in [6, 6.07) is 35.0. The highest BCUT2D eigenvalue weighted by molar-refractivity contribution is 8.68. The van der Waals surface area contributed by atoms with Gasteiger partial charge in [-0.1, -0.05) is 103 Å². The van der Waals surface area contributed by atoms with Crippen molar-refractivity contribution in [3.8, 4) is 11.5 Å².